The maximum Gasteiger partial charge on any atom is 0.247 e. The van der Waals surface area contributed by atoms with Crippen molar-refractivity contribution in [2.45, 2.75) is 6.92 Å². The van der Waals surface area contributed by atoms with Crippen LogP contribution in [-0.2, 0) is 0 Å². The number of furan rings is 1. The minimum absolute atomic E-state index is 0.509. The van der Waals surface area contributed by atoms with E-state index in [0.29, 0.717) is 11.8 Å². The summed E-state index contributed by atoms with van der Waals surface area (Å²) in [6, 6.07) is 16.1. The molecule has 0 fully saturated rings. The molecule has 0 radical (unpaired) electrons. The molecule has 25 heavy (non-hydrogen) atoms. The molecule has 0 saturated carbocycles. The Morgan fingerprint density at radius 1 is 0.920 bits per heavy atom. The van der Waals surface area contributed by atoms with Gasteiger partial charge in [0.1, 0.15) is 5.58 Å². The highest BCUT2D eigenvalue weighted by Gasteiger charge is 2.13. The third-order valence-electron chi connectivity index (χ3n) is 4.26. The van der Waals surface area contributed by atoms with Crippen LogP contribution in [0.4, 0.5) is 0 Å². The average molecular weight is 327 g/mol. The molecule has 5 rings (SSSR count). The van der Waals surface area contributed by atoms with E-state index in [4.69, 9.17) is 8.83 Å². The Kier molecular flexibility index (Phi) is 2.94. The molecule has 0 unspecified atom stereocenters. The number of hydrogen-bond acceptors (Lipinski definition) is 5. The Morgan fingerprint density at radius 3 is 2.72 bits per heavy atom. The van der Waals surface area contributed by atoms with Crippen molar-refractivity contribution in [3.05, 3.63) is 66.9 Å². The minimum Gasteiger partial charge on any atom is -0.464 e. The summed E-state index contributed by atoms with van der Waals surface area (Å²) >= 11 is 0. The first-order chi connectivity index (χ1) is 12.3. The summed E-state index contributed by atoms with van der Waals surface area (Å²) in [5.74, 6) is 1.05. The maximum atomic E-state index is 5.73. The first kappa shape index (κ1) is 13.9. The van der Waals surface area contributed by atoms with E-state index in [9.17, 15) is 0 Å². The number of pyridine rings is 1. The van der Waals surface area contributed by atoms with Gasteiger partial charge in [0, 0.05) is 35.0 Å². The number of nitrogens with zero attached hydrogens (tertiary/aromatic N) is 3. The monoisotopic (exact) mass is 327 g/mol. The third-order valence-corrected chi connectivity index (χ3v) is 4.26. The SMILES string of the molecule is Cc1nnc(-c2ccc3occ(-c4ccc5ncccc5c4)c3c2)o1. The van der Waals surface area contributed by atoms with E-state index >= 15 is 0 Å². The van der Waals surface area contributed by atoms with Crippen LogP contribution in [0.2, 0.25) is 0 Å². The molecule has 0 saturated heterocycles. The van der Waals surface area contributed by atoms with Crippen LogP contribution in [0, 0.1) is 6.92 Å². The molecule has 0 aliphatic heterocycles. The summed E-state index contributed by atoms with van der Waals surface area (Å²) < 4.78 is 11.3. The van der Waals surface area contributed by atoms with Crippen molar-refractivity contribution in [1.82, 2.24) is 15.2 Å². The molecule has 2 aromatic carbocycles. The van der Waals surface area contributed by atoms with Gasteiger partial charge >= 0.3 is 0 Å². The Balaban J connectivity index is 1.69. The van der Waals surface area contributed by atoms with Crippen LogP contribution in [0.3, 0.4) is 0 Å². The Morgan fingerprint density at radius 2 is 1.84 bits per heavy atom. The Labute approximate surface area is 142 Å². The van der Waals surface area contributed by atoms with Gasteiger partial charge < -0.3 is 8.83 Å². The zero-order valence-electron chi connectivity index (χ0n) is 13.4. The summed E-state index contributed by atoms with van der Waals surface area (Å²) in [6.45, 7) is 1.78. The van der Waals surface area contributed by atoms with Crippen LogP contribution in [0.15, 0.2) is 69.8 Å². The van der Waals surface area contributed by atoms with Crippen LogP contribution in [0.1, 0.15) is 5.89 Å². The van der Waals surface area contributed by atoms with Crippen molar-refractivity contribution < 1.29 is 8.83 Å². The molecule has 0 aliphatic carbocycles. The van der Waals surface area contributed by atoms with E-state index in [1.54, 1.807) is 19.4 Å². The molecule has 0 bridgehead atoms. The van der Waals surface area contributed by atoms with Crippen LogP contribution in [-0.4, -0.2) is 15.2 Å². The molecule has 5 heteroatoms. The van der Waals surface area contributed by atoms with E-state index in [2.05, 4.69) is 33.4 Å². The number of rotatable bonds is 2. The Bertz CT molecular complexity index is 1220. The fourth-order valence-electron chi connectivity index (χ4n) is 3.04. The van der Waals surface area contributed by atoms with Gasteiger partial charge in [0.25, 0.3) is 0 Å². The lowest BCUT2D eigenvalue weighted by molar-refractivity contribution is 0.533. The first-order valence-corrected chi connectivity index (χ1v) is 7.95. The zero-order valence-corrected chi connectivity index (χ0v) is 13.4. The molecule has 0 aliphatic rings. The fraction of sp³-hybridized carbons (Fsp3) is 0.0500. The van der Waals surface area contributed by atoms with Crippen molar-refractivity contribution in [3.63, 3.8) is 0 Å². The predicted molar refractivity (Wildman–Crippen MR) is 95.0 cm³/mol. The van der Waals surface area contributed by atoms with Crippen molar-refractivity contribution in [2.75, 3.05) is 0 Å². The number of aromatic nitrogens is 3. The Hall–Kier alpha value is -3.47. The van der Waals surface area contributed by atoms with E-state index in [-0.39, 0.29) is 0 Å². The predicted octanol–water partition coefficient (Wildman–Crippen LogP) is 5.01. The highest BCUT2D eigenvalue weighted by atomic mass is 16.4. The molecule has 3 heterocycles. The zero-order chi connectivity index (χ0) is 16.8. The van der Waals surface area contributed by atoms with E-state index in [1.165, 1.54) is 0 Å². The maximum absolute atomic E-state index is 5.73. The van der Waals surface area contributed by atoms with Gasteiger partial charge in [-0.15, -0.1) is 10.2 Å². The highest BCUT2D eigenvalue weighted by Crippen LogP contribution is 2.34. The molecular formula is C20H13N3O2. The average Bonchev–Trinajstić information content (AvgIpc) is 3.27. The van der Waals surface area contributed by atoms with Gasteiger partial charge in [0.15, 0.2) is 0 Å². The summed E-state index contributed by atoms with van der Waals surface area (Å²) in [6.07, 6.45) is 3.58. The van der Waals surface area contributed by atoms with Gasteiger partial charge in [-0.2, -0.15) is 0 Å². The lowest BCUT2D eigenvalue weighted by atomic mass is 10.0. The van der Waals surface area contributed by atoms with E-state index in [1.807, 2.05) is 30.3 Å². The molecule has 120 valence electrons. The van der Waals surface area contributed by atoms with Gasteiger partial charge in [0.2, 0.25) is 11.8 Å². The van der Waals surface area contributed by atoms with Crippen molar-refractivity contribution in [2.24, 2.45) is 0 Å². The summed E-state index contributed by atoms with van der Waals surface area (Å²) in [5.41, 5.74) is 4.78. The molecule has 5 nitrogen and oxygen atoms in total. The number of aryl methyl sites for hydroxylation is 1. The van der Waals surface area contributed by atoms with Gasteiger partial charge in [0.05, 0.1) is 11.8 Å². The third kappa shape index (κ3) is 2.29. The number of benzene rings is 2. The largest absolute Gasteiger partial charge is 0.464 e. The van der Waals surface area contributed by atoms with Crippen molar-refractivity contribution >= 4 is 21.9 Å². The lowest BCUT2D eigenvalue weighted by Gasteiger charge is -2.02. The second-order valence-corrected chi connectivity index (χ2v) is 5.90. The molecule has 0 amide bonds. The van der Waals surface area contributed by atoms with Crippen LogP contribution in [0.5, 0.6) is 0 Å². The van der Waals surface area contributed by atoms with Gasteiger partial charge in [-0.25, -0.2) is 0 Å². The van der Waals surface area contributed by atoms with Gasteiger partial charge in [-0.3, -0.25) is 4.98 Å². The fourth-order valence-corrected chi connectivity index (χ4v) is 3.04. The topological polar surface area (TPSA) is 65.0 Å². The number of hydrogen-bond donors (Lipinski definition) is 0. The smallest absolute Gasteiger partial charge is 0.247 e. The van der Waals surface area contributed by atoms with Crippen LogP contribution >= 0.6 is 0 Å². The first-order valence-electron chi connectivity index (χ1n) is 7.95. The highest BCUT2D eigenvalue weighted by molar-refractivity contribution is 5.98. The molecule has 3 aromatic heterocycles. The lowest BCUT2D eigenvalue weighted by Crippen LogP contribution is -1.81. The summed E-state index contributed by atoms with van der Waals surface area (Å²) in [7, 11) is 0. The molecule has 0 spiro atoms. The number of fused-ring (bicyclic) bond motifs is 2. The molecule has 0 atom stereocenters. The van der Waals surface area contributed by atoms with Gasteiger partial charge in [-0.1, -0.05) is 12.1 Å². The van der Waals surface area contributed by atoms with Crippen LogP contribution < -0.4 is 0 Å². The van der Waals surface area contributed by atoms with E-state index < -0.39 is 0 Å². The molecular weight excluding hydrogens is 314 g/mol. The van der Waals surface area contributed by atoms with Crippen molar-refractivity contribution in [1.29, 1.82) is 0 Å². The van der Waals surface area contributed by atoms with Crippen LogP contribution in [0.25, 0.3) is 44.5 Å². The second kappa shape index (κ2) is 5.27. The second-order valence-electron chi connectivity index (χ2n) is 5.90. The molecule has 5 aromatic rings. The summed E-state index contributed by atoms with van der Waals surface area (Å²) in [5, 5.41) is 10.1. The van der Waals surface area contributed by atoms with Crippen molar-refractivity contribution in [3.8, 4) is 22.6 Å². The molecule has 0 N–H and O–H groups in total. The van der Waals surface area contributed by atoms with E-state index in [0.717, 1.165) is 38.6 Å². The minimum atomic E-state index is 0.509. The summed E-state index contributed by atoms with van der Waals surface area (Å²) in [4.78, 5) is 4.37. The standard InChI is InChI=1S/C20H13N3O2/c1-12-22-23-20(25-12)15-5-7-19-16(10-15)17(11-24-19)13-4-6-18-14(9-13)3-2-8-21-18/h2-11H,1H3. The van der Waals surface area contributed by atoms with Gasteiger partial charge in [-0.05, 0) is 42.0 Å². The normalized spacial score (nSPS) is 11.4. The quantitative estimate of drug-likeness (QED) is 0.456.